The van der Waals surface area contributed by atoms with E-state index in [9.17, 15) is 9.59 Å². The number of halogens is 1. The summed E-state index contributed by atoms with van der Waals surface area (Å²) in [5, 5.41) is 3.32. The molecule has 0 aliphatic rings. The van der Waals surface area contributed by atoms with Gasteiger partial charge in [-0.2, -0.15) is 0 Å². The van der Waals surface area contributed by atoms with Gasteiger partial charge in [0.15, 0.2) is 0 Å². The van der Waals surface area contributed by atoms with Crippen molar-refractivity contribution in [2.24, 2.45) is 0 Å². The number of aryl methyl sites for hydroxylation is 1. The number of carbonyl (C=O) groups is 2. The lowest BCUT2D eigenvalue weighted by Crippen LogP contribution is -2.39. The van der Waals surface area contributed by atoms with Crippen LogP contribution in [0.25, 0.3) is 0 Å². The van der Waals surface area contributed by atoms with Gasteiger partial charge in [-0.1, -0.05) is 11.6 Å². The third kappa shape index (κ3) is 4.93. The predicted octanol–water partition coefficient (Wildman–Crippen LogP) is 2.72. The highest BCUT2D eigenvalue weighted by Crippen LogP contribution is 2.33. The second kappa shape index (κ2) is 8.48. The minimum atomic E-state index is -0.276. The monoisotopic (exact) mass is 361 g/mol. The van der Waals surface area contributed by atoms with Crippen molar-refractivity contribution in [3.05, 3.63) is 52.8 Å². The highest BCUT2D eigenvalue weighted by molar-refractivity contribution is 6.31. The summed E-state index contributed by atoms with van der Waals surface area (Å²) in [4.78, 5) is 29.6. The van der Waals surface area contributed by atoms with E-state index in [0.717, 1.165) is 11.1 Å². The minimum absolute atomic E-state index is 0.113. The number of anilines is 1. The van der Waals surface area contributed by atoms with E-state index >= 15 is 0 Å². The number of ether oxygens (including phenoxy) is 1. The predicted molar refractivity (Wildman–Crippen MR) is 96.9 cm³/mol. The maximum atomic E-state index is 12.3. The Hall–Kier alpha value is -2.60. The molecule has 25 heavy (non-hydrogen) atoms. The van der Waals surface area contributed by atoms with E-state index in [0.29, 0.717) is 23.0 Å². The maximum Gasteiger partial charge on any atom is 0.240 e. The number of rotatable bonds is 6. The van der Waals surface area contributed by atoms with Crippen molar-refractivity contribution in [3.8, 4) is 5.75 Å². The largest absolute Gasteiger partial charge is 0.495 e. The van der Waals surface area contributed by atoms with Gasteiger partial charge in [0.25, 0.3) is 0 Å². The number of aromatic nitrogens is 1. The first-order chi connectivity index (χ1) is 11.9. The maximum absolute atomic E-state index is 12.3. The number of hydrogen-bond donors (Lipinski definition) is 1. The number of nitrogens with one attached hydrogen (secondary N) is 1. The van der Waals surface area contributed by atoms with Gasteiger partial charge in [-0.05, 0) is 36.2 Å². The van der Waals surface area contributed by atoms with E-state index < -0.39 is 0 Å². The van der Waals surface area contributed by atoms with Crippen molar-refractivity contribution < 1.29 is 14.3 Å². The van der Waals surface area contributed by atoms with Crippen LogP contribution < -0.4 is 15.0 Å². The molecule has 0 fully saturated rings. The van der Waals surface area contributed by atoms with Gasteiger partial charge in [0.2, 0.25) is 11.8 Å². The van der Waals surface area contributed by atoms with Gasteiger partial charge in [0, 0.05) is 37.0 Å². The second-order valence-corrected chi connectivity index (χ2v) is 5.92. The summed E-state index contributed by atoms with van der Waals surface area (Å²) in [5.41, 5.74) is 2.23. The van der Waals surface area contributed by atoms with Crippen LogP contribution >= 0.6 is 11.6 Å². The topological polar surface area (TPSA) is 71.5 Å². The summed E-state index contributed by atoms with van der Waals surface area (Å²) < 4.78 is 5.31. The Labute approximate surface area is 151 Å². The van der Waals surface area contributed by atoms with E-state index in [1.54, 1.807) is 24.5 Å². The van der Waals surface area contributed by atoms with Crippen molar-refractivity contribution >= 4 is 29.1 Å². The summed E-state index contributed by atoms with van der Waals surface area (Å²) in [6.45, 7) is 3.48. The van der Waals surface area contributed by atoms with Crippen LogP contribution in [-0.4, -0.2) is 30.5 Å². The fraction of sp³-hybridized carbons (Fsp3) is 0.278. The number of amides is 2. The molecule has 2 aromatic rings. The lowest BCUT2D eigenvalue weighted by Gasteiger charge is -2.23. The molecule has 0 unspecified atom stereocenters. The number of methoxy groups -OCH3 is 1. The van der Waals surface area contributed by atoms with E-state index in [-0.39, 0.29) is 18.4 Å². The molecule has 0 bridgehead atoms. The van der Waals surface area contributed by atoms with Gasteiger partial charge in [-0.3, -0.25) is 19.5 Å². The molecular formula is C18H20ClN3O3. The number of pyridine rings is 1. The molecule has 0 aliphatic heterocycles. The van der Waals surface area contributed by atoms with Gasteiger partial charge in [0.05, 0.1) is 12.8 Å². The Kier molecular flexibility index (Phi) is 6.36. The molecule has 1 N–H and O–H groups in total. The lowest BCUT2D eigenvalue weighted by atomic mass is 10.2. The van der Waals surface area contributed by atoms with Gasteiger partial charge in [0.1, 0.15) is 12.3 Å². The van der Waals surface area contributed by atoms with Gasteiger partial charge in [-0.15, -0.1) is 0 Å². The van der Waals surface area contributed by atoms with Gasteiger partial charge < -0.3 is 10.1 Å². The molecular weight excluding hydrogens is 342 g/mol. The molecule has 0 saturated carbocycles. The van der Waals surface area contributed by atoms with E-state index in [1.165, 1.54) is 18.9 Å². The van der Waals surface area contributed by atoms with Crippen LogP contribution in [0.15, 0.2) is 36.7 Å². The average molecular weight is 362 g/mol. The summed E-state index contributed by atoms with van der Waals surface area (Å²) in [5.74, 6) is -0.103. The standard InChI is InChI=1S/C18H20ClN3O3/c1-12-8-16(17(25-3)9-15(12)19)22(13(2)23)11-18(24)21-10-14-4-6-20-7-5-14/h4-9H,10-11H2,1-3H3,(H,21,24). The molecule has 6 nitrogen and oxygen atoms in total. The first-order valence-corrected chi connectivity index (χ1v) is 8.08. The van der Waals surface area contributed by atoms with Crippen molar-refractivity contribution in [3.63, 3.8) is 0 Å². The van der Waals surface area contributed by atoms with Crippen LogP contribution in [-0.2, 0) is 16.1 Å². The van der Waals surface area contributed by atoms with Crippen molar-refractivity contribution in [2.45, 2.75) is 20.4 Å². The molecule has 2 amide bonds. The Balaban J connectivity index is 2.14. The van der Waals surface area contributed by atoms with E-state index in [2.05, 4.69) is 10.3 Å². The molecule has 1 aromatic carbocycles. The molecule has 0 saturated heterocycles. The summed E-state index contributed by atoms with van der Waals surface area (Å²) >= 11 is 6.10. The third-order valence-electron chi connectivity index (χ3n) is 3.67. The number of benzene rings is 1. The Morgan fingerprint density at radius 2 is 1.96 bits per heavy atom. The van der Waals surface area contributed by atoms with Crippen molar-refractivity contribution in [2.75, 3.05) is 18.6 Å². The summed E-state index contributed by atoms with van der Waals surface area (Å²) in [6.07, 6.45) is 3.31. The van der Waals surface area contributed by atoms with Crippen molar-refractivity contribution in [1.82, 2.24) is 10.3 Å². The van der Waals surface area contributed by atoms with Crippen LogP contribution in [0, 0.1) is 6.92 Å². The highest BCUT2D eigenvalue weighted by Gasteiger charge is 2.20. The quantitative estimate of drug-likeness (QED) is 0.858. The Morgan fingerprint density at radius 3 is 2.56 bits per heavy atom. The molecule has 0 radical (unpaired) electrons. The second-order valence-electron chi connectivity index (χ2n) is 5.51. The first kappa shape index (κ1) is 18.7. The van der Waals surface area contributed by atoms with Gasteiger partial charge in [-0.25, -0.2) is 0 Å². The molecule has 7 heteroatoms. The molecule has 0 atom stereocenters. The van der Waals surface area contributed by atoms with Crippen LogP contribution in [0.3, 0.4) is 0 Å². The molecule has 0 aliphatic carbocycles. The fourth-order valence-corrected chi connectivity index (χ4v) is 2.44. The molecule has 1 heterocycles. The molecule has 2 rings (SSSR count). The van der Waals surface area contributed by atoms with Gasteiger partial charge >= 0.3 is 0 Å². The van der Waals surface area contributed by atoms with Crippen LogP contribution in [0.1, 0.15) is 18.1 Å². The normalized spacial score (nSPS) is 10.2. The fourth-order valence-electron chi connectivity index (χ4n) is 2.29. The average Bonchev–Trinajstić information content (AvgIpc) is 2.60. The minimum Gasteiger partial charge on any atom is -0.495 e. The van der Waals surface area contributed by atoms with E-state index in [4.69, 9.17) is 16.3 Å². The summed E-state index contributed by atoms with van der Waals surface area (Å²) in [6, 6.07) is 7.00. The summed E-state index contributed by atoms with van der Waals surface area (Å²) in [7, 11) is 1.49. The number of hydrogen-bond acceptors (Lipinski definition) is 4. The van der Waals surface area contributed by atoms with Crippen LogP contribution in [0.2, 0.25) is 5.02 Å². The molecule has 1 aromatic heterocycles. The van der Waals surface area contributed by atoms with E-state index in [1.807, 2.05) is 19.1 Å². The smallest absolute Gasteiger partial charge is 0.240 e. The SMILES string of the molecule is COc1cc(Cl)c(C)cc1N(CC(=O)NCc1ccncc1)C(C)=O. The zero-order valence-electron chi connectivity index (χ0n) is 14.4. The van der Waals surface area contributed by atoms with Crippen LogP contribution in [0.5, 0.6) is 5.75 Å². The first-order valence-electron chi connectivity index (χ1n) is 7.70. The number of nitrogens with zero attached hydrogens (tertiary/aromatic N) is 2. The van der Waals surface area contributed by atoms with Crippen LogP contribution in [0.4, 0.5) is 5.69 Å². The molecule has 0 spiro atoms. The lowest BCUT2D eigenvalue weighted by molar-refractivity contribution is -0.123. The Bertz CT molecular complexity index is 766. The Morgan fingerprint density at radius 1 is 1.28 bits per heavy atom. The van der Waals surface area contributed by atoms with Crippen molar-refractivity contribution in [1.29, 1.82) is 0 Å². The number of carbonyl (C=O) groups excluding carboxylic acids is 2. The third-order valence-corrected chi connectivity index (χ3v) is 4.08. The zero-order valence-corrected chi connectivity index (χ0v) is 15.1. The molecule has 132 valence electrons. The highest BCUT2D eigenvalue weighted by atomic mass is 35.5. The zero-order chi connectivity index (χ0) is 18.4.